The van der Waals surface area contributed by atoms with E-state index in [1.165, 1.54) is 0 Å². The Morgan fingerprint density at radius 3 is 2.00 bits per heavy atom. The zero-order valence-electron chi connectivity index (χ0n) is 5.59. The molecule has 0 fully saturated rings. The molecule has 0 rings (SSSR count). The Bertz CT molecular complexity index is 160. The van der Waals surface area contributed by atoms with Gasteiger partial charge in [0, 0.05) is 4.43 Å². The van der Waals surface area contributed by atoms with Gasteiger partial charge in [-0.05, 0) is 13.8 Å². The summed E-state index contributed by atoms with van der Waals surface area (Å²) >= 11 is 2.07. The van der Waals surface area contributed by atoms with Crippen molar-refractivity contribution in [2.45, 2.75) is 19.1 Å². The van der Waals surface area contributed by atoms with Crippen LogP contribution in [0.25, 0.3) is 0 Å². The Kier molecular flexibility index (Phi) is 4.04. The van der Waals surface area contributed by atoms with Crippen LogP contribution in [-0.4, -0.2) is 23.8 Å². The largest absolute Gasteiger partial charge is 0.229 e. The highest BCUT2D eigenvalue weighted by molar-refractivity contribution is 14.1. The molecule has 0 unspecified atom stereocenters. The monoisotopic (exact) mass is 262 g/mol. The Balaban J connectivity index is 4.05. The van der Waals surface area contributed by atoms with Crippen LogP contribution in [0.5, 0.6) is 0 Å². The number of hydrogen-bond acceptors (Lipinski definition) is 2. The minimum absolute atomic E-state index is 0.215. The van der Waals surface area contributed by atoms with E-state index >= 15 is 0 Å². The summed E-state index contributed by atoms with van der Waals surface area (Å²) in [5.74, 6) is 0.311. The van der Waals surface area contributed by atoms with Gasteiger partial charge in [0.05, 0.1) is 11.0 Å². The second-order valence-electron chi connectivity index (χ2n) is 2.10. The van der Waals surface area contributed by atoms with E-state index in [0.717, 1.165) is 0 Å². The molecule has 0 aliphatic heterocycles. The van der Waals surface area contributed by atoms with E-state index in [4.69, 9.17) is 0 Å². The molecule has 0 saturated carbocycles. The first-order valence-electron chi connectivity index (χ1n) is 2.78. The summed E-state index contributed by atoms with van der Waals surface area (Å²) in [5, 5.41) is -0.215. The SMILES string of the molecule is CC(C)S(=O)(=O)CCI. The van der Waals surface area contributed by atoms with Crippen LogP contribution in [-0.2, 0) is 9.84 Å². The average Bonchev–Trinajstić information content (AvgIpc) is 1.65. The van der Waals surface area contributed by atoms with Crippen LogP contribution in [0, 0.1) is 0 Å². The topological polar surface area (TPSA) is 34.1 Å². The minimum Gasteiger partial charge on any atom is -0.229 e. The van der Waals surface area contributed by atoms with Gasteiger partial charge >= 0.3 is 0 Å². The number of hydrogen-bond donors (Lipinski definition) is 0. The van der Waals surface area contributed by atoms with Crippen molar-refractivity contribution in [2.24, 2.45) is 0 Å². The summed E-state index contributed by atoms with van der Waals surface area (Å²) in [5.41, 5.74) is 0. The van der Waals surface area contributed by atoms with Crippen molar-refractivity contribution in [1.29, 1.82) is 0 Å². The molecule has 56 valence electrons. The molecule has 0 saturated heterocycles. The Morgan fingerprint density at radius 1 is 1.44 bits per heavy atom. The maximum absolute atomic E-state index is 10.9. The van der Waals surface area contributed by atoms with Crippen molar-refractivity contribution in [3.63, 3.8) is 0 Å². The molecule has 0 amide bonds. The quantitative estimate of drug-likeness (QED) is 0.566. The summed E-state index contributed by atoms with van der Waals surface area (Å²) in [6.07, 6.45) is 0. The lowest BCUT2D eigenvalue weighted by molar-refractivity contribution is 0.589. The molecule has 0 aliphatic rings. The molecule has 0 aromatic heterocycles. The van der Waals surface area contributed by atoms with E-state index in [9.17, 15) is 8.42 Å². The van der Waals surface area contributed by atoms with E-state index in [-0.39, 0.29) is 5.25 Å². The second-order valence-corrected chi connectivity index (χ2v) is 5.86. The average molecular weight is 262 g/mol. The summed E-state index contributed by atoms with van der Waals surface area (Å²) < 4.78 is 22.5. The first kappa shape index (κ1) is 9.68. The van der Waals surface area contributed by atoms with Crippen LogP contribution in [0.4, 0.5) is 0 Å². The van der Waals surface area contributed by atoms with Crippen molar-refractivity contribution in [2.75, 3.05) is 10.2 Å². The van der Waals surface area contributed by atoms with Gasteiger partial charge in [0.25, 0.3) is 0 Å². The third-order valence-corrected chi connectivity index (χ3v) is 4.56. The molecule has 0 radical (unpaired) electrons. The highest BCUT2D eigenvalue weighted by Crippen LogP contribution is 2.01. The lowest BCUT2D eigenvalue weighted by Crippen LogP contribution is -2.18. The van der Waals surface area contributed by atoms with Crippen LogP contribution in [0.2, 0.25) is 0 Å². The number of sulfone groups is 1. The molecule has 0 bridgehead atoms. The Hall–Kier alpha value is 0.680. The molecule has 2 nitrogen and oxygen atoms in total. The van der Waals surface area contributed by atoms with E-state index in [0.29, 0.717) is 10.2 Å². The zero-order chi connectivity index (χ0) is 7.49. The number of rotatable bonds is 3. The van der Waals surface area contributed by atoms with Gasteiger partial charge in [-0.3, -0.25) is 0 Å². The Morgan fingerprint density at radius 2 is 1.89 bits per heavy atom. The van der Waals surface area contributed by atoms with Gasteiger partial charge in [-0.2, -0.15) is 0 Å². The molecular formula is C5H11IO2S. The van der Waals surface area contributed by atoms with Crippen LogP contribution in [0.3, 0.4) is 0 Å². The van der Waals surface area contributed by atoms with Crippen molar-refractivity contribution in [3.05, 3.63) is 0 Å². The predicted octanol–water partition coefficient (Wildman–Crippen LogP) is 1.24. The molecule has 9 heavy (non-hydrogen) atoms. The van der Waals surface area contributed by atoms with Crippen LogP contribution < -0.4 is 0 Å². The molecule has 0 atom stereocenters. The van der Waals surface area contributed by atoms with Crippen LogP contribution in [0.15, 0.2) is 0 Å². The fraction of sp³-hybridized carbons (Fsp3) is 1.00. The molecule has 0 aliphatic carbocycles. The highest BCUT2D eigenvalue weighted by atomic mass is 127. The van der Waals surface area contributed by atoms with E-state index in [2.05, 4.69) is 22.6 Å². The first-order chi connectivity index (χ1) is 4.00. The van der Waals surface area contributed by atoms with Crippen molar-refractivity contribution in [3.8, 4) is 0 Å². The van der Waals surface area contributed by atoms with Gasteiger partial charge in [0.2, 0.25) is 0 Å². The van der Waals surface area contributed by atoms with Gasteiger partial charge in [0.15, 0.2) is 9.84 Å². The summed E-state index contributed by atoms with van der Waals surface area (Å²) in [6.45, 7) is 3.42. The number of halogens is 1. The van der Waals surface area contributed by atoms with Crippen LogP contribution in [0.1, 0.15) is 13.8 Å². The summed E-state index contributed by atoms with van der Waals surface area (Å²) in [4.78, 5) is 0. The molecular weight excluding hydrogens is 251 g/mol. The van der Waals surface area contributed by atoms with Crippen molar-refractivity contribution >= 4 is 32.4 Å². The molecule has 4 heteroatoms. The maximum Gasteiger partial charge on any atom is 0.153 e. The molecule has 0 N–H and O–H groups in total. The highest BCUT2D eigenvalue weighted by Gasteiger charge is 2.13. The third kappa shape index (κ3) is 3.40. The normalized spacial score (nSPS) is 12.4. The van der Waals surface area contributed by atoms with E-state index < -0.39 is 9.84 Å². The summed E-state index contributed by atoms with van der Waals surface area (Å²) in [6, 6.07) is 0. The van der Waals surface area contributed by atoms with Gasteiger partial charge in [0.1, 0.15) is 0 Å². The zero-order valence-corrected chi connectivity index (χ0v) is 8.57. The molecule has 0 spiro atoms. The second kappa shape index (κ2) is 3.75. The Labute approximate surface area is 70.1 Å². The fourth-order valence-electron chi connectivity index (χ4n) is 0.343. The van der Waals surface area contributed by atoms with Gasteiger partial charge < -0.3 is 0 Å². The maximum atomic E-state index is 10.9. The smallest absolute Gasteiger partial charge is 0.153 e. The standard InChI is InChI=1S/C5H11IO2S/c1-5(2)9(7,8)4-3-6/h5H,3-4H2,1-2H3. The predicted molar refractivity (Wildman–Crippen MR) is 47.8 cm³/mol. The van der Waals surface area contributed by atoms with E-state index in [1.807, 2.05) is 0 Å². The first-order valence-corrected chi connectivity index (χ1v) is 6.02. The number of alkyl halides is 1. The molecule has 0 aromatic carbocycles. The lowest BCUT2D eigenvalue weighted by Gasteiger charge is -2.03. The van der Waals surface area contributed by atoms with E-state index in [1.54, 1.807) is 13.8 Å². The summed E-state index contributed by atoms with van der Waals surface area (Å²) in [7, 11) is -2.76. The minimum atomic E-state index is -2.76. The van der Waals surface area contributed by atoms with Crippen molar-refractivity contribution in [1.82, 2.24) is 0 Å². The van der Waals surface area contributed by atoms with Gasteiger partial charge in [-0.15, -0.1) is 0 Å². The lowest BCUT2D eigenvalue weighted by atomic mass is 10.6. The molecule has 0 aromatic rings. The van der Waals surface area contributed by atoms with Gasteiger partial charge in [-0.1, -0.05) is 22.6 Å². The van der Waals surface area contributed by atoms with Crippen LogP contribution >= 0.6 is 22.6 Å². The third-order valence-electron chi connectivity index (χ3n) is 1.08. The van der Waals surface area contributed by atoms with Crippen molar-refractivity contribution < 1.29 is 8.42 Å². The van der Waals surface area contributed by atoms with Gasteiger partial charge in [-0.25, -0.2) is 8.42 Å². The molecule has 0 heterocycles. The fourth-order valence-corrected chi connectivity index (χ4v) is 2.87.